The SMILES string of the molecule is CCCCNC(=O)c1ccc(NCc2cnc3nc(N)nc(N)c3n2)cc1. The van der Waals surface area contributed by atoms with Crippen molar-refractivity contribution in [2.45, 2.75) is 26.3 Å². The summed E-state index contributed by atoms with van der Waals surface area (Å²) in [6, 6.07) is 7.26. The van der Waals surface area contributed by atoms with E-state index in [1.54, 1.807) is 18.3 Å². The van der Waals surface area contributed by atoms with Gasteiger partial charge in [0.2, 0.25) is 5.95 Å². The molecule has 0 bridgehead atoms. The van der Waals surface area contributed by atoms with Gasteiger partial charge < -0.3 is 22.1 Å². The van der Waals surface area contributed by atoms with Gasteiger partial charge in [-0.3, -0.25) is 4.79 Å². The van der Waals surface area contributed by atoms with Gasteiger partial charge in [-0.15, -0.1) is 0 Å². The molecule has 0 saturated carbocycles. The molecule has 0 fully saturated rings. The predicted molar refractivity (Wildman–Crippen MR) is 105 cm³/mol. The standard InChI is InChI=1S/C18H22N8O/c1-2-3-8-21-17(27)11-4-6-12(7-5-11)22-9-13-10-23-16-14(24-13)15(19)25-18(20)26-16/h4-7,10,22H,2-3,8-9H2,1H3,(H,21,27)(H4,19,20,23,25,26). The van der Waals surface area contributed by atoms with E-state index >= 15 is 0 Å². The number of unbranched alkanes of at least 4 members (excludes halogenated alkanes) is 1. The van der Waals surface area contributed by atoms with E-state index in [2.05, 4.69) is 37.5 Å². The van der Waals surface area contributed by atoms with E-state index < -0.39 is 0 Å². The van der Waals surface area contributed by atoms with Crippen LogP contribution in [0.25, 0.3) is 11.2 Å². The molecule has 0 atom stereocenters. The third kappa shape index (κ3) is 4.57. The summed E-state index contributed by atoms with van der Waals surface area (Å²) < 4.78 is 0. The van der Waals surface area contributed by atoms with Gasteiger partial charge >= 0.3 is 0 Å². The summed E-state index contributed by atoms with van der Waals surface area (Å²) in [6.45, 7) is 3.21. The number of rotatable bonds is 7. The second kappa shape index (κ2) is 8.26. The van der Waals surface area contributed by atoms with Crippen LogP contribution in [0.1, 0.15) is 35.8 Å². The summed E-state index contributed by atoms with van der Waals surface area (Å²) in [7, 11) is 0. The molecule has 0 aliphatic carbocycles. The van der Waals surface area contributed by atoms with E-state index in [0.717, 1.165) is 18.5 Å². The lowest BCUT2D eigenvalue weighted by atomic mass is 10.2. The van der Waals surface area contributed by atoms with Crippen molar-refractivity contribution < 1.29 is 4.79 Å². The van der Waals surface area contributed by atoms with Crippen LogP contribution in [-0.2, 0) is 6.54 Å². The molecule has 2 heterocycles. The average molecular weight is 366 g/mol. The molecular weight excluding hydrogens is 344 g/mol. The molecule has 1 amide bonds. The zero-order valence-electron chi connectivity index (χ0n) is 15.1. The highest BCUT2D eigenvalue weighted by Gasteiger charge is 2.08. The molecule has 27 heavy (non-hydrogen) atoms. The number of anilines is 3. The van der Waals surface area contributed by atoms with E-state index in [1.807, 2.05) is 12.1 Å². The lowest BCUT2D eigenvalue weighted by Crippen LogP contribution is -2.24. The summed E-state index contributed by atoms with van der Waals surface area (Å²) in [5.41, 5.74) is 14.3. The van der Waals surface area contributed by atoms with Crippen LogP contribution in [0.3, 0.4) is 0 Å². The number of nitrogens with one attached hydrogen (secondary N) is 2. The Labute approximate surface area is 156 Å². The third-order valence-corrected chi connectivity index (χ3v) is 3.94. The lowest BCUT2D eigenvalue weighted by Gasteiger charge is -2.08. The number of hydrogen-bond donors (Lipinski definition) is 4. The molecule has 0 aliphatic rings. The Morgan fingerprint density at radius 2 is 1.89 bits per heavy atom. The number of aromatic nitrogens is 4. The zero-order chi connectivity index (χ0) is 19.2. The van der Waals surface area contributed by atoms with Gasteiger partial charge in [-0.25, -0.2) is 9.97 Å². The van der Waals surface area contributed by atoms with Gasteiger partial charge in [0.05, 0.1) is 18.4 Å². The minimum absolute atomic E-state index is 0.0647. The lowest BCUT2D eigenvalue weighted by molar-refractivity contribution is 0.0953. The second-order valence-corrected chi connectivity index (χ2v) is 6.04. The van der Waals surface area contributed by atoms with E-state index in [1.165, 1.54) is 0 Å². The number of nitrogens with zero attached hydrogens (tertiary/aromatic N) is 4. The van der Waals surface area contributed by atoms with E-state index in [-0.39, 0.29) is 17.7 Å². The first-order chi connectivity index (χ1) is 13.1. The topological polar surface area (TPSA) is 145 Å². The number of amides is 1. The number of carbonyl (C=O) groups excluding carboxylic acids is 1. The van der Waals surface area contributed by atoms with Crippen molar-refractivity contribution in [3.63, 3.8) is 0 Å². The fourth-order valence-electron chi connectivity index (χ4n) is 2.48. The largest absolute Gasteiger partial charge is 0.382 e. The first kappa shape index (κ1) is 18.3. The third-order valence-electron chi connectivity index (χ3n) is 3.94. The summed E-state index contributed by atoms with van der Waals surface area (Å²) in [5, 5.41) is 6.13. The monoisotopic (exact) mass is 366 g/mol. The summed E-state index contributed by atoms with van der Waals surface area (Å²) in [5.74, 6) is 0.203. The normalized spacial score (nSPS) is 10.7. The molecule has 3 rings (SSSR count). The minimum Gasteiger partial charge on any atom is -0.382 e. The molecule has 0 radical (unpaired) electrons. The number of nitrogens with two attached hydrogens (primary N) is 2. The highest BCUT2D eigenvalue weighted by molar-refractivity contribution is 5.94. The van der Waals surface area contributed by atoms with Crippen LogP contribution >= 0.6 is 0 Å². The summed E-state index contributed by atoms with van der Waals surface area (Å²) in [4.78, 5) is 28.6. The molecule has 0 aliphatic heterocycles. The van der Waals surface area contributed by atoms with Gasteiger partial charge in [0, 0.05) is 17.8 Å². The van der Waals surface area contributed by atoms with Crippen molar-refractivity contribution in [1.82, 2.24) is 25.3 Å². The van der Waals surface area contributed by atoms with Gasteiger partial charge in [0.1, 0.15) is 0 Å². The van der Waals surface area contributed by atoms with Gasteiger partial charge in [-0.1, -0.05) is 13.3 Å². The first-order valence-corrected chi connectivity index (χ1v) is 8.73. The maximum absolute atomic E-state index is 12.0. The van der Waals surface area contributed by atoms with Crippen LogP contribution < -0.4 is 22.1 Å². The summed E-state index contributed by atoms with van der Waals surface area (Å²) in [6.07, 6.45) is 3.63. The van der Waals surface area contributed by atoms with Crippen molar-refractivity contribution >= 4 is 34.5 Å². The Morgan fingerprint density at radius 1 is 1.11 bits per heavy atom. The number of nitrogen functional groups attached to an aromatic ring is 2. The molecule has 0 spiro atoms. The smallest absolute Gasteiger partial charge is 0.251 e. The van der Waals surface area contributed by atoms with E-state index in [9.17, 15) is 4.79 Å². The molecule has 0 saturated heterocycles. The van der Waals surface area contributed by atoms with Crippen molar-refractivity contribution in [3.8, 4) is 0 Å². The highest BCUT2D eigenvalue weighted by Crippen LogP contribution is 2.16. The number of hydrogen-bond acceptors (Lipinski definition) is 8. The van der Waals surface area contributed by atoms with Crippen molar-refractivity contribution in [2.75, 3.05) is 23.3 Å². The molecule has 2 aromatic heterocycles. The molecule has 9 heteroatoms. The first-order valence-electron chi connectivity index (χ1n) is 8.73. The van der Waals surface area contributed by atoms with Gasteiger partial charge in [0.25, 0.3) is 5.91 Å². The van der Waals surface area contributed by atoms with Crippen molar-refractivity contribution in [2.24, 2.45) is 0 Å². The van der Waals surface area contributed by atoms with Gasteiger partial charge in [-0.2, -0.15) is 9.97 Å². The number of carbonyl (C=O) groups is 1. The minimum atomic E-state index is -0.0647. The predicted octanol–water partition coefficient (Wildman–Crippen LogP) is 1.73. The Balaban J connectivity index is 1.63. The molecule has 9 nitrogen and oxygen atoms in total. The molecule has 140 valence electrons. The van der Waals surface area contributed by atoms with Crippen LogP contribution in [0.15, 0.2) is 30.5 Å². The summed E-state index contributed by atoms with van der Waals surface area (Å²) >= 11 is 0. The Kier molecular flexibility index (Phi) is 5.60. The quantitative estimate of drug-likeness (QED) is 0.463. The fraction of sp³-hybridized carbons (Fsp3) is 0.278. The second-order valence-electron chi connectivity index (χ2n) is 6.04. The average Bonchev–Trinajstić information content (AvgIpc) is 2.67. The fourth-order valence-corrected chi connectivity index (χ4v) is 2.48. The maximum atomic E-state index is 12.0. The maximum Gasteiger partial charge on any atom is 0.251 e. The number of fused-ring (bicyclic) bond motifs is 1. The number of benzene rings is 1. The van der Waals surface area contributed by atoms with Crippen LogP contribution in [-0.4, -0.2) is 32.4 Å². The van der Waals surface area contributed by atoms with Crippen LogP contribution in [0.5, 0.6) is 0 Å². The molecule has 0 unspecified atom stereocenters. The van der Waals surface area contributed by atoms with Crippen molar-refractivity contribution in [1.29, 1.82) is 0 Å². The van der Waals surface area contributed by atoms with Gasteiger partial charge in [-0.05, 0) is 30.7 Å². The molecule has 6 N–H and O–H groups in total. The Morgan fingerprint density at radius 3 is 2.63 bits per heavy atom. The molecule has 3 aromatic rings. The van der Waals surface area contributed by atoms with Gasteiger partial charge in [0.15, 0.2) is 17.0 Å². The molecular formula is C18H22N8O. The van der Waals surface area contributed by atoms with E-state index in [0.29, 0.717) is 35.5 Å². The zero-order valence-corrected chi connectivity index (χ0v) is 15.1. The van der Waals surface area contributed by atoms with Crippen LogP contribution in [0, 0.1) is 0 Å². The Bertz CT molecular complexity index is 942. The van der Waals surface area contributed by atoms with E-state index in [4.69, 9.17) is 11.5 Å². The van der Waals surface area contributed by atoms with Crippen LogP contribution in [0.2, 0.25) is 0 Å². The molecule has 1 aromatic carbocycles. The van der Waals surface area contributed by atoms with Crippen molar-refractivity contribution in [3.05, 3.63) is 41.7 Å². The van der Waals surface area contributed by atoms with Crippen LogP contribution in [0.4, 0.5) is 17.5 Å². The highest BCUT2D eigenvalue weighted by atomic mass is 16.1. The Hall–Kier alpha value is -3.49.